The van der Waals surface area contributed by atoms with E-state index in [1.165, 1.54) is 6.20 Å². The van der Waals surface area contributed by atoms with Crippen LogP contribution in [0.25, 0.3) is 5.52 Å². The number of hydrogen-bond donors (Lipinski definition) is 2. The van der Waals surface area contributed by atoms with Crippen LogP contribution in [0, 0.1) is 5.92 Å². The van der Waals surface area contributed by atoms with Crippen LogP contribution in [0.2, 0.25) is 0 Å². The fourth-order valence-electron chi connectivity index (χ4n) is 1.90. The molecule has 0 saturated carbocycles. The smallest absolute Gasteiger partial charge is 0.305 e. The fourth-order valence-corrected chi connectivity index (χ4v) is 1.90. The largest absolute Gasteiger partial charge is 0.481 e. The van der Waals surface area contributed by atoms with E-state index in [9.17, 15) is 9.59 Å². The van der Waals surface area contributed by atoms with Gasteiger partial charge in [-0.2, -0.15) is 5.10 Å². The second-order valence-electron chi connectivity index (χ2n) is 4.89. The Morgan fingerprint density at radius 3 is 2.80 bits per heavy atom. The van der Waals surface area contributed by atoms with Gasteiger partial charge in [0.05, 0.1) is 29.9 Å². The molecule has 2 N–H and O–H groups in total. The summed E-state index contributed by atoms with van der Waals surface area (Å²) in [7, 11) is 0. The lowest BCUT2D eigenvalue weighted by Crippen LogP contribution is -2.40. The Balaban J connectivity index is 2.20. The lowest BCUT2D eigenvalue weighted by atomic mass is 10.0. The third kappa shape index (κ3) is 2.93. The van der Waals surface area contributed by atoms with E-state index in [1.54, 1.807) is 23.1 Å². The van der Waals surface area contributed by atoms with Crippen LogP contribution in [0.3, 0.4) is 0 Å². The predicted molar refractivity (Wildman–Crippen MR) is 71.3 cm³/mol. The molecule has 0 aromatic carbocycles. The van der Waals surface area contributed by atoms with Gasteiger partial charge in [0.15, 0.2) is 0 Å². The van der Waals surface area contributed by atoms with Crippen LogP contribution >= 0.6 is 0 Å². The van der Waals surface area contributed by atoms with Gasteiger partial charge in [-0.15, -0.1) is 0 Å². The number of carbonyl (C=O) groups excluding carboxylic acids is 1. The van der Waals surface area contributed by atoms with Gasteiger partial charge in [-0.05, 0) is 5.92 Å². The summed E-state index contributed by atoms with van der Waals surface area (Å²) in [6.07, 6.45) is 6.10. The Kier molecular flexibility index (Phi) is 3.97. The summed E-state index contributed by atoms with van der Waals surface area (Å²) in [6, 6.07) is -0.424. The average Bonchev–Trinajstić information content (AvgIpc) is 2.81. The molecule has 0 fully saturated rings. The topological polar surface area (TPSA) is 96.6 Å². The number of carboxylic acids is 1. The predicted octanol–water partition coefficient (Wildman–Crippen LogP) is 0.958. The van der Waals surface area contributed by atoms with Crippen LogP contribution < -0.4 is 5.32 Å². The van der Waals surface area contributed by atoms with Crippen molar-refractivity contribution in [2.45, 2.75) is 26.3 Å². The van der Waals surface area contributed by atoms with Crippen LogP contribution in [0.5, 0.6) is 0 Å². The van der Waals surface area contributed by atoms with Crippen molar-refractivity contribution < 1.29 is 14.7 Å². The average molecular weight is 276 g/mol. The molecule has 2 aromatic rings. The zero-order valence-electron chi connectivity index (χ0n) is 11.3. The molecule has 0 aliphatic heterocycles. The van der Waals surface area contributed by atoms with Gasteiger partial charge in [0.25, 0.3) is 5.91 Å². The molecule has 0 aliphatic rings. The number of carboxylic acid groups (broad SMARTS) is 1. The standard InChI is InChI=1S/C13H16N4O3/c1-8(2)10(5-12(18)19)16-13(20)9-6-15-17-4-3-14-7-11(9)17/h3-4,6-8,10H,5H2,1-2H3,(H,16,20)(H,18,19). The minimum Gasteiger partial charge on any atom is -0.481 e. The molecule has 2 heterocycles. The van der Waals surface area contributed by atoms with E-state index in [0.717, 1.165) is 0 Å². The van der Waals surface area contributed by atoms with Crippen molar-refractivity contribution in [1.82, 2.24) is 19.9 Å². The highest BCUT2D eigenvalue weighted by Gasteiger charge is 2.21. The molecule has 0 radical (unpaired) electrons. The third-order valence-electron chi connectivity index (χ3n) is 3.09. The maximum atomic E-state index is 12.2. The highest BCUT2D eigenvalue weighted by atomic mass is 16.4. The molecule has 2 rings (SSSR count). The van der Waals surface area contributed by atoms with E-state index in [-0.39, 0.29) is 18.2 Å². The molecule has 0 saturated heterocycles. The molecule has 1 unspecified atom stereocenters. The summed E-state index contributed by atoms with van der Waals surface area (Å²) in [5.41, 5.74) is 0.969. The zero-order chi connectivity index (χ0) is 14.7. The third-order valence-corrected chi connectivity index (χ3v) is 3.09. The minimum absolute atomic E-state index is 0.0232. The highest BCUT2D eigenvalue weighted by Crippen LogP contribution is 2.11. The van der Waals surface area contributed by atoms with Crippen molar-refractivity contribution in [2.24, 2.45) is 5.92 Å². The Morgan fingerprint density at radius 1 is 1.40 bits per heavy atom. The quantitative estimate of drug-likeness (QED) is 0.847. The Hall–Kier alpha value is -2.44. The molecule has 2 aromatic heterocycles. The van der Waals surface area contributed by atoms with Gasteiger partial charge >= 0.3 is 5.97 Å². The SMILES string of the molecule is CC(C)C(CC(=O)O)NC(=O)c1cnn2ccncc12. The number of nitrogens with one attached hydrogen (secondary N) is 1. The normalized spacial score (nSPS) is 12.6. The van der Waals surface area contributed by atoms with Crippen molar-refractivity contribution in [1.29, 1.82) is 0 Å². The van der Waals surface area contributed by atoms with Crippen LogP contribution in [0.15, 0.2) is 24.8 Å². The lowest BCUT2D eigenvalue weighted by Gasteiger charge is -2.20. The number of rotatable bonds is 5. The van der Waals surface area contributed by atoms with E-state index in [0.29, 0.717) is 11.1 Å². The maximum Gasteiger partial charge on any atom is 0.305 e. The molecule has 7 nitrogen and oxygen atoms in total. The van der Waals surface area contributed by atoms with Gasteiger partial charge in [-0.1, -0.05) is 13.8 Å². The van der Waals surface area contributed by atoms with E-state index < -0.39 is 12.0 Å². The summed E-state index contributed by atoms with van der Waals surface area (Å²) in [4.78, 5) is 27.0. The molecule has 106 valence electrons. The molecule has 0 spiro atoms. The summed E-state index contributed by atoms with van der Waals surface area (Å²) >= 11 is 0. The Morgan fingerprint density at radius 2 is 2.15 bits per heavy atom. The monoisotopic (exact) mass is 276 g/mol. The zero-order valence-corrected chi connectivity index (χ0v) is 11.3. The number of fused-ring (bicyclic) bond motifs is 1. The number of aliphatic carboxylic acids is 1. The van der Waals surface area contributed by atoms with Crippen molar-refractivity contribution in [3.05, 3.63) is 30.4 Å². The molecular weight excluding hydrogens is 260 g/mol. The molecule has 1 atom stereocenters. The maximum absolute atomic E-state index is 12.2. The number of hydrogen-bond acceptors (Lipinski definition) is 4. The lowest BCUT2D eigenvalue weighted by molar-refractivity contribution is -0.137. The number of nitrogens with zero attached hydrogens (tertiary/aromatic N) is 3. The van der Waals surface area contributed by atoms with Crippen molar-refractivity contribution in [3.63, 3.8) is 0 Å². The summed E-state index contributed by atoms with van der Waals surface area (Å²) in [6.45, 7) is 3.73. The van der Waals surface area contributed by atoms with Gasteiger partial charge in [-0.3, -0.25) is 14.6 Å². The molecular formula is C13H16N4O3. The molecule has 0 bridgehead atoms. The molecule has 20 heavy (non-hydrogen) atoms. The van der Waals surface area contributed by atoms with Gasteiger partial charge in [0.2, 0.25) is 0 Å². The first-order valence-corrected chi connectivity index (χ1v) is 6.29. The van der Waals surface area contributed by atoms with Gasteiger partial charge in [0.1, 0.15) is 0 Å². The van der Waals surface area contributed by atoms with E-state index >= 15 is 0 Å². The van der Waals surface area contributed by atoms with Crippen molar-refractivity contribution in [2.75, 3.05) is 0 Å². The second kappa shape index (κ2) is 5.68. The Bertz CT molecular complexity index is 635. The number of aromatic nitrogens is 3. The van der Waals surface area contributed by atoms with E-state index in [4.69, 9.17) is 5.11 Å². The van der Waals surface area contributed by atoms with Gasteiger partial charge < -0.3 is 10.4 Å². The van der Waals surface area contributed by atoms with Crippen molar-refractivity contribution >= 4 is 17.4 Å². The first-order chi connectivity index (χ1) is 9.49. The first kappa shape index (κ1) is 14.0. The second-order valence-corrected chi connectivity index (χ2v) is 4.89. The van der Waals surface area contributed by atoms with Gasteiger partial charge in [-0.25, -0.2) is 4.52 Å². The summed E-state index contributed by atoms with van der Waals surface area (Å²) in [5.74, 6) is -1.26. The number of amides is 1. The van der Waals surface area contributed by atoms with Crippen molar-refractivity contribution in [3.8, 4) is 0 Å². The Labute approximate surface area is 115 Å². The summed E-state index contributed by atoms with van der Waals surface area (Å²) in [5, 5.41) is 15.7. The van der Waals surface area contributed by atoms with E-state index in [1.807, 2.05) is 13.8 Å². The van der Waals surface area contributed by atoms with Crippen LogP contribution in [0.1, 0.15) is 30.6 Å². The summed E-state index contributed by atoms with van der Waals surface area (Å²) < 4.78 is 1.55. The van der Waals surface area contributed by atoms with Gasteiger partial charge in [0, 0.05) is 18.4 Å². The number of carbonyl (C=O) groups is 2. The molecule has 7 heteroatoms. The molecule has 0 aliphatic carbocycles. The minimum atomic E-state index is -0.939. The van der Waals surface area contributed by atoms with Crippen LogP contribution in [-0.2, 0) is 4.79 Å². The fraction of sp³-hybridized carbons (Fsp3) is 0.385. The van der Waals surface area contributed by atoms with E-state index in [2.05, 4.69) is 15.4 Å². The first-order valence-electron chi connectivity index (χ1n) is 6.29. The van der Waals surface area contributed by atoms with Crippen LogP contribution in [0.4, 0.5) is 0 Å². The van der Waals surface area contributed by atoms with Crippen LogP contribution in [-0.4, -0.2) is 37.6 Å². The molecule has 1 amide bonds. The highest BCUT2D eigenvalue weighted by molar-refractivity contribution is 6.00.